The van der Waals surface area contributed by atoms with Crippen LogP contribution in [0, 0.1) is 0 Å². The molecule has 0 aromatic carbocycles. The van der Waals surface area contributed by atoms with Crippen LogP contribution in [0.2, 0.25) is 0 Å². The molecule has 0 saturated carbocycles. The molecule has 62 valence electrons. The van der Waals surface area contributed by atoms with Crippen LogP contribution in [-0.2, 0) is 4.74 Å². The van der Waals surface area contributed by atoms with Gasteiger partial charge in [-0.25, -0.2) is 4.79 Å². The minimum Gasteiger partial charge on any atom is -0.420 e. The van der Waals surface area contributed by atoms with Crippen LogP contribution in [0.25, 0.3) is 0 Å². The summed E-state index contributed by atoms with van der Waals surface area (Å²) in [5.41, 5.74) is 4.60. The maximum absolute atomic E-state index is 9.92. The number of amides is 1. The van der Waals surface area contributed by atoms with Gasteiger partial charge in [0.05, 0.1) is 0 Å². The molecule has 0 aliphatic rings. The second-order valence-electron chi connectivity index (χ2n) is 1.68. The number of aliphatic hydroxyl groups is 1. The number of hydrogen-bond donors (Lipinski definition) is 2. The summed E-state index contributed by atoms with van der Waals surface area (Å²) in [6.45, 7) is 1.87. The zero-order valence-electron chi connectivity index (χ0n) is 5.83. The third-order valence-electron chi connectivity index (χ3n) is 0.788. The van der Waals surface area contributed by atoms with Gasteiger partial charge in [0, 0.05) is 6.42 Å². The maximum atomic E-state index is 9.92. The van der Waals surface area contributed by atoms with Gasteiger partial charge in [-0.2, -0.15) is 13.5 Å². The van der Waals surface area contributed by atoms with Crippen molar-refractivity contribution in [3.05, 3.63) is 0 Å². The fourth-order valence-electron chi connectivity index (χ4n) is 0.440. The van der Waals surface area contributed by atoms with Crippen LogP contribution in [0.4, 0.5) is 4.79 Å². The van der Waals surface area contributed by atoms with Gasteiger partial charge in [-0.1, -0.05) is 13.3 Å². The standard InChI is InChI=1S/C5H11NO3.H2S/c1-2-3-4(7)9-5(6)8;/h4,7H,2-3H2,1H3,(H2,6,8);1H2. The number of ether oxygens (including phenoxy) is 1. The van der Waals surface area contributed by atoms with Gasteiger partial charge in [-0.15, -0.1) is 0 Å². The van der Waals surface area contributed by atoms with E-state index in [2.05, 4.69) is 10.5 Å². The third-order valence-corrected chi connectivity index (χ3v) is 0.788. The summed E-state index contributed by atoms with van der Waals surface area (Å²) in [5.74, 6) is 0. The summed E-state index contributed by atoms with van der Waals surface area (Å²) in [6, 6.07) is 0. The molecule has 0 saturated heterocycles. The lowest BCUT2D eigenvalue weighted by atomic mass is 10.3. The lowest BCUT2D eigenvalue weighted by Gasteiger charge is -2.06. The van der Waals surface area contributed by atoms with Gasteiger partial charge < -0.3 is 15.6 Å². The molecular formula is C5H13NO3S. The highest BCUT2D eigenvalue weighted by molar-refractivity contribution is 7.59. The highest BCUT2D eigenvalue weighted by atomic mass is 32.1. The van der Waals surface area contributed by atoms with Crippen molar-refractivity contribution >= 4 is 19.6 Å². The topological polar surface area (TPSA) is 72.6 Å². The van der Waals surface area contributed by atoms with Gasteiger partial charge in [0.2, 0.25) is 6.29 Å². The third kappa shape index (κ3) is 7.58. The van der Waals surface area contributed by atoms with Crippen molar-refractivity contribution < 1.29 is 14.6 Å². The van der Waals surface area contributed by atoms with E-state index < -0.39 is 12.4 Å². The first-order valence-corrected chi connectivity index (χ1v) is 2.81. The molecule has 5 heteroatoms. The molecule has 3 N–H and O–H groups in total. The summed E-state index contributed by atoms with van der Waals surface area (Å²) in [7, 11) is 0. The molecule has 0 radical (unpaired) electrons. The molecule has 0 bridgehead atoms. The number of carbonyl (C=O) groups is 1. The van der Waals surface area contributed by atoms with E-state index in [0.29, 0.717) is 6.42 Å². The first-order chi connectivity index (χ1) is 4.16. The molecule has 0 spiro atoms. The van der Waals surface area contributed by atoms with Crippen molar-refractivity contribution in [1.29, 1.82) is 0 Å². The van der Waals surface area contributed by atoms with Gasteiger partial charge in [-0.3, -0.25) is 0 Å². The summed E-state index contributed by atoms with van der Waals surface area (Å²) < 4.78 is 4.19. The Bertz CT molecular complexity index is 98.9. The normalized spacial score (nSPS) is 11.4. The number of aliphatic hydroxyl groups excluding tert-OH is 1. The predicted octanol–water partition coefficient (Wildman–Crippen LogP) is 0.313. The van der Waals surface area contributed by atoms with E-state index in [0.717, 1.165) is 6.42 Å². The Morgan fingerprint density at radius 2 is 2.30 bits per heavy atom. The lowest BCUT2D eigenvalue weighted by molar-refractivity contribution is -0.0532. The van der Waals surface area contributed by atoms with E-state index in [4.69, 9.17) is 5.11 Å². The maximum Gasteiger partial charge on any atom is 0.406 e. The zero-order valence-corrected chi connectivity index (χ0v) is 6.83. The van der Waals surface area contributed by atoms with Crippen LogP contribution in [0.1, 0.15) is 19.8 Å². The van der Waals surface area contributed by atoms with E-state index >= 15 is 0 Å². The Morgan fingerprint density at radius 1 is 1.80 bits per heavy atom. The lowest BCUT2D eigenvalue weighted by Crippen LogP contribution is -2.21. The second kappa shape index (κ2) is 6.70. The monoisotopic (exact) mass is 167 g/mol. The van der Waals surface area contributed by atoms with E-state index in [1.807, 2.05) is 6.92 Å². The van der Waals surface area contributed by atoms with E-state index in [1.54, 1.807) is 0 Å². The SMILES string of the molecule is CCCC(O)OC(N)=O.S. The number of nitrogens with two attached hydrogens (primary N) is 1. The first-order valence-electron chi connectivity index (χ1n) is 2.81. The minimum atomic E-state index is -1.03. The van der Waals surface area contributed by atoms with Gasteiger partial charge in [0.25, 0.3) is 0 Å². The van der Waals surface area contributed by atoms with Crippen molar-refractivity contribution in [3.8, 4) is 0 Å². The fraction of sp³-hybridized carbons (Fsp3) is 0.800. The Labute approximate surface area is 66.8 Å². The quantitative estimate of drug-likeness (QED) is 0.594. The van der Waals surface area contributed by atoms with Gasteiger partial charge in [0.15, 0.2) is 0 Å². The smallest absolute Gasteiger partial charge is 0.406 e. The van der Waals surface area contributed by atoms with Crippen LogP contribution in [-0.4, -0.2) is 17.5 Å². The number of carbonyl (C=O) groups excluding carboxylic acids is 1. The van der Waals surface area contributed by atoms with Crippen LogP contribution < -0.4 is 5.73 Å². The largest absolute Gasteiger partial charge is 0.420 e. The molecule has 1 unspecified atom stereocenters. The van der Waals surface area contributed by atoms with E-state index in [-0.39, 0.29) is 13.5 Å². The van der Waals surface area contributed by atoms with Crippen molar-refractivity contribution in [2.24, 2.45) is 5.73 Å². The van der Waals surface area contributed by atoms with Gasteiger partial charge in [0.1, 0.15) is 0 Å². The number of hydrogen-bond acceptors (Lipinski definition) is 3. The Hall–Kier alpha value is -0.420. The average molecular weight is 167 g/mol. The summed E-state index contributed by atoms with van der Waals surface area (Å²) in [4.78, 5) is 9.92. The fourth-order valence-corrected chi connectivity index (χ4v) is 0.440. The molecule has 10 heavy (non-hydrogen) atoms. The first kappa shape index (κ1) is 12.3. The van der Waals surface area contributed by atoms with Crippen LogP contribution in [0.15, 0.2) is 0 Å². The molecule has 0 aliphatic heterocycles. The molecular weight excluding hydrogens is 154 g/mol. The molecule has 1 amide bonds. The summed E-state index contributed by atoms with van der Waals surface area (Å²) in [5, 5.41) is 8.70. The minimum absolute atomic E-state index is 0. The highest BCUT2D eigenvalue weighted by Gasteiger charge is 2.04. The van der Waals surface area contributed by atoms with E-state index in [9.17, 15) is 4.79 Å². The van der Waals surface area contributed by atoms with Crippen molar-refractivity contribution in [2.45, 2.75) is 26.1 Å². The van der Waals surface area contributed by atoms with E-state index in [1.165, 1.54) is 0 Å². The van der Waals surface area contributed by atoms with Gasteiger partial charge >= 0.3 is 6.09 Å². The Morgan fingerprint density at radius 3 is 2.60 bits per heavy atom. The van der Waals surface area contributed by atoms with Crippen LogP contribution >= 0.6 is 13.5 Å². The second-order valence-corrected chi connectivity index (χ2v) is 1.68. The Balaban J connectivity index is 0. The van der Waals surface area contributed by atoms with Crippen LogP contribution in [0.3, 0.4) is 0 Å². The molecule has 0 fully saturated rings. The Kier molecular flexibility index (Phi) is 8.22. The summed E-state index contributed by atoms with van der Waals surface area (Å²) >= 11 is 0. The van der Waals surface area contributed by atoms with Crippen LogP contribution in [0.5, 0.6) is 0 Å². The molecule has 0 aromatic rings. The molecule has 0 aromatic heterocycles. The highest BCUT2D eigenvalue weighted by Crippen LogP contribution is 1.96. The van der Waals surface area contributed by atoms with Crippen molar-refractivity contribution in [3.63, 3.8) is 0 Å². The predicted molar refractivity (Wildman–Crippen MR) is 42.0 cm³/mol. The van der Waals surface area contributed by atoms with Crippen molar-refractivity contribution in [2.75, 3.05) is 0 Å². The molecule has 0 aliphatic carbocycles. The molecule has 0 heterocycles. The molecule has 0 rings (SSSR count). The van der Waals surface area contributed by atoms with Gasteiger partial charge in [-0.05, 0) is 0 Å². The molecule has 1 atom stereocenters. The van der Waals surface area contributed by atoms with Crippen molar-refractivity contribution in [1.82, 2.24) is 0 Å². The average Bonchev–Trinajstić information content (AvgIpc) is 1.63. The number of primary amides is 1. The molecule has 4 nitrogen and oxygen atoms in total. The number of rotatable bonds is 3. The summed E-state index contributed by atoms with van der Waals surface area (Å²) in [6.07, 6.45) is -0.777. The zero-order chi connectivity index (χ0) is 7.28.